The van der Waals surface area contributed by atoms with Gasteiger partial charge in [-0.2, -0.15) is 5.26 Å². The van der Waals surface area contributed by atoms with Crippen molar-refractivity contribution < 1.29 is 8.78 Å². The van der Waals surface area contributed by atoms with E-state index in [0.717, 1.165) is 5.56 Å². The Balaban J connectivity index is 2.25. The van der Waals surface area contributed by atoms with Gasteiger partial charge in [0.25, 0.3) is 0 Å². The average Bonchev–Trinajstić information content (AvgIpc) is 2.94. The molecule has 28 heavy (non-hydrogen) atoms. The first-order chi connectivity index (χ1) is 13.1. The first-order valence-electron chi connectivity index (χ1n) is 9.76. The Bertz CT molecular complexity index is 923. The van der Waals surface area contributed by atoms with Crippen LogP contribution in [0, 0.1) is 42.2 Å². The SMILES string of the molecule is Cc1ccc([C@@]2(C#N)[C@H](CC(C)(C)C)NC[C@@H]2c2cccc(C)c2F)c(F)c1. The van der Waals surface area contributed by atoms with Gasteiger partial charge in [0.05, 0.1) is 6.07 Å². The van der Waals surface area contributed by atoms with Crippen molar-refractivity contribution in [3.05, 3.63) is 70.3 Å². The number of benzene rings is 2. The summed E-state index contributed by atoms with van der Waals surface area (Å²) in [4.78, 5) is 0. The van der Waals surface area contributed by atoms with E-state index in [1.54, 1.807) is 31.2 Å². The molecule has 0 bridgehead atoms. The lowest BCUT2D eigenvalue weighted by Gasteiger charge is -2.37. The van der Waals surface area contributed by atoms with Gasteiger partial charge in [0.1, 0.15) is 17.0 Å². The summed E-state index contributed by atoms with van der Waals surface area (Å²) < 4.78 is 30.2. The molecule has 2 aromatic rings. The minimum atomic E-state index is -1.18. The third-order valence-electron chi connectivity index (χ3n) is 5.84. The molecule has 0 aliphatic carbocycles. The van der Waals surface area contributed by atoms with E-state index in [2.05, 4.69) is 32.2 Å². The summed E-state index contributed by atoms with van der Waals surface area (Å²) in [5, 5.41) is 13.9. The molecular formula is C24H28F2N2. The number of hydrogen-bond donors (Lipinski definition) is 1. The zero-order chi connectivity index (χ0) is 20.7. The molecule has 2 aromatic carbocycles. The smallest absolute Gasteiger partial charge is 0.129 e. The van der Waals surface area contributed by atoms with Crippen molar-refractivity contribution in [2.24, 2.45) is 5.41 Å². The Labute approximate surface area is 166 Å². The third kappa shape index (κ3) is 3.44. The van der Waals surface area contributed by atoms with E-state index < -0.39 is 17.2 Å². The molecule has 3 rings (SSSR count). The highest BCUT2D eigenvalue weighted by molar-refractivity contribution is 5.47. The normalized spacial score (nSPS) is 24.9. The molecule has 0 radical (unpaired) electrons. The third-order valence-corrected chi connectivity index (χ3v) is 5.84. The highest BCUT2D eigenvalue weighted by Crippen LogP contribution is 2.49. The fourth-order valence-corrected chi connectivity index (χ4v) is 4.51. The molecule has 1 saturated heterocycles. The van der Waals surface area contributed by atoms with Crippen LogP contribution in [0.5, 0.6) is 0 Å². The van der Waals surface area contributed by atoms with Gasteiger partial charge in [-0.15, -0.1) is 0 Å². The second-order valence-corrected chi connectivity index (χ2v) is 9.22. The summed E-state index contributed by atoms with van der Waals surface area (Å²) in [5.74, 6) is -1.18. The van der Waals surface area contributed by atoms with Crippen LogP contribution in [0.1, 0.15) is 55.4 Å². The number of nitrogens with zero attached hydrogens (tertiary/aromatic N) is 1. The molecule has 3 atom stereocenters. The largest absolute Gasteiger partial charge is 0.311 e. The van der Waals surface area contributed by atoms with E-state index in [9.17, 15) is 5.26 Å². The van der Waals surface area contributed by atoms with Gasteiger partial charge in [0.15, 0.2) is 0 Å². The number of hydrogen-bond acceptors (Lipinski definition) is 2. The molecule has 0 unspecified atom stereocenters. The van der Waals surface area contributed by atoms with Gasteiger partial charge in [-0.25, -0.2) is 8.78 Å². The van der Waals surface area contributed by atoms with Crippen molar-refractivity contribution in [1.29, 1.82) is 5.26 Å². The van der Waals surface area contributed by atoms with Crippen molar-refractivity contribution in [2.75, 3.05) is 6.54 Å². The Morgan fingerprint density at radius 1 is 1.18 bits per heavy atom. The fraction of sp³-hybridized carbons (Fsp3) is 0.458. The molecule has 0 saturated carbocycles. The number of aryl methyl sites for hydroxylation is 2. The quantitative estimate of drug-likeness (QED) is 0.757. The van der Waals surface area contributed by atoms with E-state index in [-0.39, 0.29) is 17.3 Å². The van der Waals surface area contributed by atoms with Crippen LogP contribution in [-0.2, 0) is 5.41 Å². The van der Waals surface area contributed by atoms with E-state index in [0.29, 0.717) is 29.7 Å². The number of nitrogens with one attached hydrogen (secondary N) is 1. The molecule has 1 heterocycles. The van der Waals surface area contributed by atoms with Crippen molar-refractivity contribution in [3.63, 3.8) is 0 Å². The second kappa shape index (κ2) is 7.29. The Morgan fingerprint density at radius 3 is 2.50 bits per heavy atom. The summed E-state index contributed by atoms with van der Waals surface area (Å²) in [5.41, 5.74) is 0.913. The van der Waals surface area contributed by atoms with Crippen LogP contribution in [0.15, 0.2) is 36.4 Å². The van der Waals surface area contributed by atoms with E-state index in [4.69, 9.17) is 0 Å². The van der Waals surface area contributed by atoms with Crippen LogP contribution in [0.2, 0.25) is 0 Å². The first kappa shape index (κ1) is 20.5. The maximum atomic E-state index is 15.1. The predicted octanol–water partition coefficient (Wildman–Crippen LogP) is 5.53. The average molecular weight is 382 g/mol. The zero-order valence-electron chi connectivity index (χ0n) is 17.2. The zero-order valence-corrected chi connectivity index (χ0v) is 17.2. The lowest BCUT2D eigenvalue weighted by molar-refractivity contribution is 0.278. The van der Waals surface area contributed by atoms with Gasteiger partial charge >= 0.3 is 0 Å². The minimum Gasteiger partial charge on any atom is -0.311 e. The molecule has 1 fully saturated rings. The standard InChI is InChI=1S/C24H28F2N2/c1-15-9-10-18(20(25)11-15)24(14-27)19(13-28-21(24)12-23(3,4)5)17-8-6-7-16(2)22(17)26/h6-11,19,21,28H,12-13H2,1-5H3/t19-,21+,24-/m1/s1. The van der Waals surface area contributed by atoms with E-state index in [1.807, 2.05) is 13.0 Å². The Morgan fingerprint density at radius 2 is 1.89 bits per heavy atom. The van der Waals surface area contributed by atoms with Gasteiger partial charge in [-0.05, 0) is 48.4 Å². The van der Waals surface area contributed by atoms with Crippen LogP contribution in [0.3, 0.4) is 0 Å². The van der Waals surface area contributed by atoms with Crippen molar-refractivity contribution in [2.45, 2.75) is 58.4 Å². The van der Waals surface area contributed by atoms with Gasteiger partial charge < -0.3 is 5.32 Å². The van der Waals surface area contributed by atoms with E-state index in [1.165, 1.54) is 6.07 Å². The lowest BCUT2D eigenvalue weighted by atomic mass is 9.64. The Kier molecular flexibility index (Phi) is 5.34. The van der Waals surface area contributed by atoms with Crippen LogP contribution < -0.4 is 5.32 Å². The minimum absolute atomic E-state index is 0.0685. The molecule has 0 aromatic heterocycles. The molecule has 4 heteroatoms. The highest BCUT2D eigenvalue weighted by atomic mass is 19.1. The van der Waals surface area contributed by atoms with Crippen molar-refractivity contribution in [1.82, 2.24) is 5.32 Å². The highest BCUT2D eigenvalue weighted by Gasteiger charge is 2.55. The molecule has 0 amide bonds. The fourth-order valence-electron chi connectivity index (χ4n) is 4.51. The van der Waals surface area contributed by atoms with Gasteiger partial charge in [-0.1, -0.05) is 51.1 Å². The Hall–Kier alpha value is -2.25. The second-order valence-electron chi connectivity index (χ2n) is 9.22. The van der Waals surface area contributed by atoms with Crippen molar-refractivity contribution >= 4 is 0 Å². The van der Waals surface area contributed by atoms with Gasteiger partial charge in [0.2, 0.25) is 0 Å². The molecular weight excluding hydrogens is 354 g/mol. The van der Waals surface area contributed by atoms with Crippen LogP contribution in [0.4, 0.5) is 8.78 Å². The first-order valence-corrected chi connectivity index (χ1v) is 9.76. The van der Waals surface area contributed by atoms with Gasteiger partial charge in [-0.3, -0.25) is 0 Å². The van der Waals surface area contributed by atoms with Crippen LogP contribution in [0.25, 0.3) is 0 Å². The topological polar surface area (TPSA) is 35.8 Å². The van der Waals surface area contributed by atoms with E-state index >= 15 is 8.78 Å². The summed E-state index contributed by atoms with van der Waals surface area (Å²) in [6, 6.07) is 12.4. The van der Waals surface area contributed by atoms with Crippen LogP contribution in [-0.4, -0.2) is 12.6 Å². The molecule has 0 spiro atoms. The lowest BCUT2D eigenvalue weighted by Crippen LogP contribution is -2.44. The number of nitriles is 1. The molecule has 148 valence electrons. The summed E-state index contributed by atoms with van der Waals surface area (Å²) >= 11 is 0. The molecule has 1 N–H and O–H groups in total. The maximum Gasteiger partial charge on any atom is 0.129 e. The predicted molar refractivity (Wildman–Crippen MR) is 108 cm³/mol. The number of rotatable bonds is 3. The maximum absolute atomic E-state index is 15.1. The monoisotopic (exact) mass is 382 g/mol. The van der Waals surface area contributed by atoms with Crippen LogP contribution >= 0.6 is 0 Å². The molecule has 1 aliphatic heterocycles. The number of halogens is 2. The molecule has 1 aliphatic rings. The summed E-state index contributed by atoms with van der Waals surface area (Å²) in [6.07, 6.45) is 0.678. The molecule has 2 nitrogen and oxygen atoms in total. The van der Waals surface area contributed by atoms with Gasteiger partial charge in [0, 0.05) is 24.1 Å². The summed E-state index contributed by atoms with van der Waals surface area (Å²) in [6.45, 7) is 10.3. The van der Waals surface area contributed by atoms with Crippen molar-refractivity contribution in [3.8, 4) is 6.07 Å². The summed E-state index contributed by atoms with van der Waals surface area (Å²) in [7, 11) is 0.